The number of aryl methyl sites for hydroxylation is 1. The number of rotatable bonds is 6. The molecule has 0 unspecified atom stereocenters. The molecule has 208 valence electrons. The molecule has 0 atom stereocenters. The highest BCUT2D eigenvalue weighted by molar-refractivity contribution is 7.85. The highest BCUT2D eigenvalue weighted by atomic mass is 32.2. The number of nitrogens with zero attached hydrogens (tertiary/aromatic N) is 2. The largest absolute Gasteiger partial charge is 0.416 e. The van der Waals surface area contributed by atoms with E-state index in [1.54, 1.807) is 6.07 Å². The zero-order valence-electron chi connectivity index (χ0n) is 20.8. The van der Waals surface area contributed by atoms with Crippen LogP contribution in [0.4, 0.5) is 32.2 Å². The smallest absolute Gasteiger partial charge is 0.355 e. The number of hydrogen-bond acceptors (Lipinski definition) is 4. The van der Waals surface area contributed by atoms with Gasteiger partial charge in [0.1, 0.15) is 5.82 Å². The molecule has 4 rings (SSSR count). The van der Waals surface area contributed by atoms with Crippen LogP contribution in [-0.2, 0) is 29.6 Å². The van der Waals surface area contributed by atoms with Crippen molar-refractivity contribution in [3.63, 3.8) is 0 Å². The van der Waals surface area contributed by atoms with E-state index in [9.17, 15) is 35.3 Å². The summed E-state index contributed by atoms with van der Waals surface area (Å²) in [7, 11) is -0.883. The summed E-state index contributed by atoms with van der Waals surface area (Å²) in [4.78, 5) is 19.6. The second-order valence-corrected chi connectivity index (χ2v) is 10.9. The molecule has 0 aliphatic carbocycles. The van der Waals surface area contributed by atoms with E-state index in [1.807, 2.05) is 36.1 Å². The number of aromatic nitrogens is 1. The third-order valence-electron chi connectivity index (χ3n) is 6.42. The zero-order valence-corrected chi connectivity index (χ0v) is 21.6. The lowest BCUT2D eigenvalue weighted by atomic mass is 9.96. The zero-order chi connectivity index (χ0) is 28.4. The van der Waals surface area contributed by atoms with E-state index in [-0.39, 0.29) is 30.2 Å². The molecule has 2 aromatic carbocycles. The van der Waals surface area contributed by atoms with Gasteiger partial charge in [0, 0.05) is 48.1 Å². The molecule has 0 saturated carbocycles. The minimum absolute atomic E-state index is 0.0732. The van der Waals surface area contributed by atoms with Crippen LogP contribution in [0.1, 0.15) is 32.6 Å². The van der Waals surface area contributed by atoms with E-state index in [4.69, 9.17) is 0 Å². The van der Waals surface area contributed by atoms with Crippen molar-refractivity contribution in [2.24, 2.45) is 0 Å². The molecule has 2 heterocycles. The topological polar surface area (TPSA) is 62.3 Å². The van der Waals surface area contributed by atoms with Gasteiger partial charge in [-0.15, -0.1) is 0 Å². The molecule has 0 bridgehead atoms. The predicted octanol–water partition coefficient (Wildman–Crippen LogP) is 5.64. The van der Waals surface area contributed by atoms with Gasteiger partial charge < -0.3 is 10.2 Å². The number of carbonyl (C=O) groups is 1. The molecular weight excluding hydrogens is 544 g/mol. The summed E-state index contributed by atoms with van der Waals surface area (Å²) >= 11 is 0. The molecule has 1 aliphatic rings. The van der Waals surface area contributed by atoms with Crippen LogP contribution in [0.15, 0.2) is 54.7 Å². The van der Waals surface area contributed by atoms with Crippen molar-refractivity contribution in [1.82, 2.24) is 10.3 Å². The lowest BCUT2D eigenvalue weighted by Gasteiger charge is -2.28. The summed E-state index contributed by atoms with van der Waals surface area (Å²) < 4.78 is 90.8. The van der Waals surface area contributed by atoms with Crippen LogP contribution in [0.3, 0.4) is 0 Å². The molecule has 1 aromatic heterocycles. The molecule has 1 fully saturated rings. The Balaban J connectivity index is 1.57. The fourth-order valence-corrected chi connectivity index (χ4v) is 5.39. The third kappa shape index (κ3) is 6.97. The molecule has 12 heteroatoms. The highest BCUT2D eigenvalue weighted by Crippen LogP contribution is 2.36. The van der Waals surface area contributed by atoms with Gasteiger partial charge in [-0.05, 0) is 59.9 Å². The van der Waals surface area contributed by atoms with E-state index in [2.05, 4.69) is 10.3 Å². The SMILES string of the molecule is Cc1ccccc1-c1cc(N2CCS(=O)CC2)ncc1C(=O)NCCc1cc(C(F)(F)F)cc(C(F)(F)F)c1. The molecule has 1 amide bonds. The Morgan fingerprint density at radius 3 is 2.15 bits per heavy atom. The molecule has 1 saturated heterocycles. The van der Waals surface area contributed by atoms with Crippen LogP contribution in [0.25, 0.3) is 11.1 Å². The maximum Gasteiger partial charge on any atom is 0.416 e. The highest BCUT2D eigenvalue weighted by Gasteiger charge is 2.36. The average Bonchev–Trinajstić information content (AvgIpc) is 2.88. The van der Waals surface area contributed by atoms with Crippen molar-refractivity contribution in [1.29, 1.82) is 0 Å². The van der Waals surface area contributed by atoms with Crippen molar-refractivity contribution in [2.45, 2.75) is 25.7 Å². The van der Waals surface area contributed by atoms with Crippen molar-refractivity contribution in [3.05, 3.63) is 82.5 Å². The second-order valence-electron chi connectivity index (χ2n) is 9.16. The third-order valence-corrected chi connectivity index (χ3v) is 7.69. The van der Waals surface area contributed by atoms with Crippen molar-refractivity contribution < 1.29 is 35.3 Å². The molecule has 1 aliphatic heterocycles. The fourth-order valence-electron chi connectivity index (χ4n) is 4.34. The fraction of sp³-hybridized carbons (Fsp3) is 0.333. The number of pyridine rings is 1. The van der Waals surface area contributed by atoms with Gasteiger partial charge in [0.2, 0.25) is 0 Å². The first kappa shape index (κ1) is 28.6. The van der Waals surface area contributed by atoms with Crippen molar-refractivity contribution in [3.8, 4) is 11.1 Å². The quantitative estimate of drug-likeness (QED) is 0.391. The number of hydrogen-bond donors (Lipinski definition) is 1. The molecule has 1 N–H and O–H groups in total. The summed E-state index contributed by atoms with van der Waals surface area (Å²) in [6.07, 6.45) is -8.73. The molecule has 3 aromatic rings. The molecule has 0 spiro atoms. The van der Waals surface area contributed by atoms with Gasteiger partial charge in [0.05, 0.1) is 16.7 Å². The monoisotopic (exact) mass is 569 g/mol. The number of halogens is 6. The second kappa shape index (κ2) is 11.4. The number of benzene rings is 2. The Bertz CT molecular complexity index is 1350. The average molecular weight is 570 g/mol. The number of amides is 1. The van der Waals surface area contributed by atoms with Crippen LogP contribution < -0.4 is 10.2 Å². The summed E-state index contributed by atoms with van der Waals surface area (Å²) in [5.41, 5.74) is -0.530. The maximum atomic E-state index is 13.2. The number of carbonyl (C=O) groups excluding carboxylic acids is 1. The minimum atomic E-state index is -4.95. The summed E-state index contributed by atoms with van der Waals surface area (Å²) in [6, 6.07) is 10.6. The number of anilines is 1. The lowest BCUT2D eigenvalue weighted by molar-refractivity contribution is -0.143. The van der Waals surface area contributed by atoms with Gasteiger partial charge in [0.25, 0.3) is 5.91 Å². The Labute approximate surface area is 223 Å². The van der Waals surface area contributed by atoms with E-state index in [0.29, 0.717) is 48.1 Å². The van der Waals surface area contributed by atoms with Crippen molar-refractivity contribution in [2.75, 3.05) is 36.0 Å². The van der Waals surface area contributed by atoms with Gasteiger partial charge in [-0.25, -0.2) is 4.98 Å². The first-order valence-electron chi connectivity index (χ1n) is 12.1. The Morgan fingerprint density at radius 1 is 0.949 bits per heavy atom. The van der Waals surface area contributed by atoms with Crippen LogP contribution >= 0.6 is 0 Å². The van der Waals surface area contributed by atoms with Gasteiger partial charge >= 0.3 is 12.4 Å². The molecule has 0 radical (unpaired) electrons. The van der Waals surface area contributed by atoms with Crippen LogP contribution in [0.2, 0.25) is 0 Å². The summed E-state index contributed by atoms with van der Waals surface area (Å²) in [6.45, 7) is 2.79. The van der Waals surface area contributed by atoms with E-state index in [0.717, 1.165) is 11.1 Å². The Hall–Kier alpha value is -3.41. The number of nitrogens with one attached hydrogen (secondary N) is 1. The van der Waals surface area contributed by atoms with Gasteiger partial charge in [-0.1, -0.05) is 24.3 Å². The Kier molecular flexibility index (Phi) is 8.34. The Morgan fingerprint density at radius 2 is 1.56 bits per heavy atom. The predicted molar refractivity (Wildman–Crippen MR) is 137 cm³/mol. The van der Waals surface area contributed by atoms with Crippen LogP contribution in [0, 0.1) is 6.92 Å². The minimum Gasteiger partial charge on any atom is -0.355 e. The lowest BCUT2D eigenvalue weighted by Crippen LogP contribution is -2.38. The van der Waals surface area contributed by atoms with E-state index >= 15 is 0 Å². The van der Waals surface area contributed by atoms with Gasteiger partial charge in [-0.3, -0.25) is 9.00 Å². The molecule has 5 nitrogen and oxygen atoms in total. The normalized spacial score (nSPS) is 14.9. The standard InChI is InChI=1S/C27H25F6N3O2S/c1-17-4-2-3-5-21(17)22-15-24(36-8-10-39(38)11-9-36)35-16-23(22)25(37)34-7-6-18-12-19(26(28,29)30)14-20(13-18)27(31,32)33/h2-5,12-16H,6-11H2,1H3,(H,34,37). The van der Waals surface area contributed by atoms with Gasteiger partial charge in [-0.2, -0.15) is 26.3 Å². The van der Waals surface area contributed by atoms with E-state index in [1.165, 1.54) is 6.20 Å². The first-order chi connectivity index (χ1) is 18.3. The van der Waals surface area contributed by atoms with E-state index < -0.39 is 40.2 Å². The number of alkyl halides is 6. The van der Waals surface area contributed by atoms with Gasteiger partial charge in [0.15, 0.2) is 0 Å². The van der Waals surface area contributed by atoms with Crippen LogP contribution in [0.5, 0.6) is 0 Å². The first-order valence-corrected chi connectivity index (χ1v) is 13.5. The molecule has 39 heavy (non-hydrogen) atoms. The summed E-state index contributed by atoms with van der Waals surface area (Å²) in [5.74, 6) is 1.07. The van der Waals surface area contributed by atoms with Crippen molar-refractivity contribution >= 4 is 22.5 Å². The van der Waals surface area contributed by atoms with Crippen LogP contribution in [-0.4, -0.2) is 46.2 Å². The summed E-state index contributed by atoms with van der Waals surface area (Å²) in [5, 5.41) is 2.60. The maximum absolute atomic E-state index is 13.2. The molecular formula is C27H25F6N3O2S.